The Hall–Kier alpha value is -1.52. The first-order chi connectivity index (χ1) is 7.17. The van der Waals surface area contributed by atoms with Crippen LogP contribution in [0.5, 0.6) is 0 Å². The molecule has 1 atom stereocenters. The number of hydrogen-bond donors (Lipinski definition) is 1. The quantitative estimate of drug-likeness (QED) is 0.734. The summed E-state index contributed by atoms with van der Waals surface area (Å²) >= 11 is 0. The lowest BCUT2D eigenvalue weighted by molar-refractivity contribution is -0.126. The van der Waals surface area contributed by atoms with Gasteiger partial charge in [-0.05, 0) is 34.1 Å². The fourth-order valence-corrected chi connectivity index (χ4v) is 1.44. The van der Waals surface area contributed by atoms with Crippen molar-refractivity contribution in [3.8, 4) is 0 Å². The number of carbonyl (C=O) groups excluding carboxylic acids is 2. The number of hydrogen-bond acceptors (Lipinski definition) is 3. The number of primary amides is 1. The second-order valence-electron chi connectivity index (χ2n) is 5.08. The molecule has 0 spiro atoms. The van der Waals surface area contributed by atoms with Crippen molar-refractivity contribution < 1.29 is 14.3 Å². The SMILES string of the molecule is CC(C)(C)OC(=O)N1C=CC[C@@]1(C)C(N)=O. The predicted molar refractivity (Wildman–Crippen MR) is 59.4 cm³/mol. The van der Waals surface area contributed by atoms with Gasteiger partial charge in [-0.3, -0.25) is 9.69 Å². The van der Waals surface area contributed by atoms with E-state index in [4.69, 9.17) is 10.5 Å². The summed E-state index contributed by atoms with van der Waals surface area (Å²) < 4.78 is 5.20. The van der Waals surface area contributed by atoms with Gasteiger partial charge in [0.15, 0.2) is 0 Å². The van der Waals surface area contributed by atoms with Crippen LogP contribution in [-0.2, 0) is 9.53 Å². The largest absolute Gasteiger partial charge is 0.443 e. The Morgan fingerprint density at radius 3 is 2.44 bits per heavy atom. The molecule has 5 nitrogen and oxygen atoms in total. The lowest BCUT2D eigenvalue weighted by atomic mass is 9.98. The van der Waals surface area contributed by atoms with Crippen molar-refractivity contribution in [2.45, 2.75) is 45.3 Å². The van der Waals surface area contributed by atoms with Crippen molar-refractivity contribution in [1.29, 1.82) is 0 Å². The van der Waals surface area contributed by atoms with E-state index < -0.39 is 23.1 Å². The summed E-state index contributed by atoms with van der Waals surface area (Å²) in [7, 11) is 0. The van der Waals surface area contributed by atoms with E-state index in [0.29, 0.717) is 6.42 Å². The molecule has 16 heavy (non-hydrogen) atoms. The number of rotatable bonds is 1. The standard InChI is InChI=1S/C11H18N2O3/c1-10(2,3)16-9(15)13-7-5-6-11(13,4)8(12)14/h5,7H,6H2,1-4H3,(H2,12,14)/t11-/m0/s1. The topological polar surface area (TPSA) is 72.6 Å². The van der Waals surface area contributed by atoms with Crippen molar-refractivity contribution >= 4 is 12.0 Å². The van der Waals surface area contributed by atoms with E-state index in [1.165, 1.54) is 4.90 Å². The molecule has 0 aromatic carbocycles. The van der Waals surface area contributed by atoms with Gasteiger partial charge < -0.3 is 10.5 Å². The van der Waals surface area contributed by atoms with E-state index in [-0.39, 0.29) is 0 Å². The van der Waals surface area contributed by atoms with Gasteiger partial charge in [-0.1, -0.05) is 6.08 Å². The molecule has 1 aliphatic heterocycles. The lowest BCUT2D eigenvalue weighted by Crippen LogP contribution is -2.53. The summed E-state index contributed by atoms with van der Waals surface area (Å²) in [6.07, 6.45) is 3.14. The lowest BCUT2D eigenvalue weighted by Gasteiger charge is -2.33. The number of nitrogens with zero attached hydrogens (tertiary/aromatic N) is 1. The highest BCUT2D eigenvalue weighted by Gasteiger charge is 2.43. The number of ether oxygens (including phenoxy) is 1. The number of amides is 2. The zero-order valence-electron chi connectivity index (χ0n) is 10.1. The predicted octanol–water partition coefficient (Wildman–Crippen LogP) is 1.38. The van der Waals surface area contributed by atoms with E-state index in [0.717, 1.165) is 0 Å². The minimum absolute atomic E-state index is 0.418. The van der Waals surface area contributed by atoms with Crippen LogP contribution in [0.3, 0.4) is 0 Å². The molecule has 0 bridgehead atoms. The van der Waals surface area contributed by atoms with E-state index in [1.54, 1.807) is 40.0 Å². The minimum atomic E-state index is -1.01. The molecule has 0 unspecified atom stereocenters. The molecular weight excluding hydrogens is 208 g/mol. The third kappa shape index (κ3) is 2.35. The van der Waals surface area contributed by atoms with E-state index in [1.807, 2.05) is 0 Å². The van der Waals surface area contributed by atoms with Crippen LogP contribution >= 0.6 is 0 Å². The molecular formula is C11H18N2O3. The van der Waals surface area contributed by atoms with Gasteiger partial charge in [-0.15, -0.1) is 0 Å². The van der Waals surface area contributed by atoms with Gasteiger partial charge >= 0.3 is 6.09 Å². The van der Waals surface area contributed by atoms with E-state index in [2.05, 4.69) is 0 Å². The summed E-state index contributed by atoms with van der Waals surface area (Å²) in [6.45, 7) is 6.93. The van der Waals surface area contributed by atoms with Crippen molar-refractivity contribution in [2.75, 3.05) is 0 Å². The third-order valence-corrected chi connectivity index (χ3v) is 2.42. The van der Waals surface area contributed by atoms with Crippen molar-refractivity contribution in [1.82, 2.24) is 4.90 Å². The molecule has 1 heterocycles. The van der Waals surface area contributed by atoms with E-state index in [9.17, 15) is 9.59 Å². The zero-order valence-corrected chi connectivity index (χ0v) is 10.1. The second-order valence-corrected chi connectivity index (χ2v) is 5.08. The molecule has 0 saturated heterocycles. The van der Waals surface area contributed by atoms with Crippen LogP contribution in [0.4, 0.5) is 4.79 Å². The fraction of sp³-hybridized carbons (Fsp3) is 0.636. The maximum absolute atomic E-state index is 11.8. The van der Waals surface area contributed by atoms with Gasteiger partial charge in [0.25, 0.3) is 0 Å². The van der Waals surface area contributed by atoms with E-state index >= 15 is 0 Å². The Labute approximate surface area is 95.2 Å². The van der Waals surface area contributed by atoms with Gasteiger partial charge in [-0.25, -0.2) is 4.79 Å². The molecule has 0 aliphatic carbocycles. The molecule has 0 fully saturated rings. The van der Waals surface area contributed by atoms with Crippen LogP contribution < -0.4 is 5.73 Å². The summed E-state index contributed by atoms with van der Waals surface area (Å²) in [5, 5.41) is 0. The van der Waals surface area contributed by atoms with Crippen LogP contribution in [-0.4, -0.2) is 28.0 Å². The Bertz CT molecular complexity index is 344. The smallest absolute Gasteiger partial charge is 0.415 e. The normalized spacial score (nSPS) is 24.6. The summed E-state index contributed by atoms with van der Waals surface area (Å²) in [5.41, 5.74) is 3.69. The summed E-state index contributed by atoms with van der Waals surface area (Å²) in [6, 6.07) is 0. The first-order valence-corrected chi connectivity index (χ1v) is 5.16. The molecule has 0 radical (unpaired) electrons. The molecule has 5 heteroatoms. The Morgan fingerprint density at radius 2 is 2.00 bits per heavy atom. The molecule has 0 aromatic heterocycles. The van der Waals surface area contributed by atoms with Crippen molar-refractivity contribution in [3.63, 3.8) is 0 Å². The maximum atomic E-state index is 11.8. The average Bonchev–Trinajstić information content (AvgIpc) is 2.45. The van der Waals surface area contributed by atoms with Crippen LogP contribution in [0.1, 0.15) is 34.1 Å². The van der Waals surface area contributed by atoms with Crippen LogP contribution in [0.15, 0.2) is 12.3 Å². The Balaban J connectivity index is 2.84. The van der Waals surface area contributed by atoms with Gasteiger partial charge in [0.2, 0.25) is 5.91 Å². The Morgan fingerprint density at radius 1 is 1.44 bits per heavy atom. The van der Waals surface area contributed by atoms with Gasteiger partial charge in [0.05, 0.1) is 0 Å². The fourth-order valence-electron chi connectivity index (χ4n) is 1.44. The highest BCUT2D eigenvalue weighted by Crippen LogP contribution is 2.28. The first kappa shape index (κ1) is 12.5. The van der Waals surface area contributed by atoms with Crippen molar-refractivity contribution in [2.24, 2.45) is 5.73 Å². The van der Waals surface area contributed by atoms with Gasteiger partial charge in [0.1, 0.15) is 11.1 Å². The Kier molecular flexibility index (Phi) is 2.99. The van der Waals surface area contributed by atoms with Crippen LogP contribution in [0, 0.1) is 0 Å². The average molecular weight is 226 g/mol. The second kappa shape index (κ2) is 3.81. The highest BCUT2D eigenvalue weighted by molar-refractivity contribution is 5.89. The molecule has 1 aliphatic rings. The van der Waals surface area contributed by atoms with Gasteiger partial charge in [0, 0.05) is 6.20 Å². The zero-order chi connectivity index (χ0) is 12.6. The summed E-state index contributed by atoms with van der Waals surface area (Å²) in [5.74, 6) is -0.539. The van der Waals surface area contributed by atoms with Crippen molar-refractivity contribution in [3.05, 3.63) is 12.3 Å². The molecule has 1 rings (SSSR count). The molecule has 2 N–H and O–H groups in total. The monoisotopic (exact) mass is 226 g/mol. The molecule has 0 aromatic rings. The molecule has 0 saturated carbocycles. The minimum Gasteiger partial charge on any atom is -0.443 e. The maximum Gasteiger partial charge on any atom is 0.415 e. The third-order valence-electron chi connectivity index (χ3n) is 2.42. The number of nitrogens with two attached hydrogens (primary N) is 1. The molecule has 2 amide bonds. The highest BCUT2D eigenvalue weighted by atomic mass is 16.6. The first-order valence-electron chi connectivity index (χ1n) is 5.16. The number of carbonyl (C=O) groups is 2. The van der Waals surface area contributed by atoms with Crippen LogP contribution in [0.25, 0.3) is 0 Å². The summed E-state index contributed by atoms with van der Waals surface area (Å²) in [4.78, 5) is 24.4. The van der Waals surface area contributed by atoms with Gasteiger partial charge in [-0.2, -0.15) is 0 Å². The van der Waals surface area contributed by atoms with Crippen LogP contribution in [0.2, 0.25) is 0 Å². The molecule has 90 valence electrons.